The van der Waals surface area contributed by atoms with E-state index in [4.69, 9.17) is 27.9 Å². The Hall–Kier alpha value is -3.54. The monoisotopic (exact) mass is 516 g/mol. The zero-order valence-electron chi connectivity index (χ0n) is 19.0. The molecular formula is C22H22Cl2N8O3. The van der Waals surface area contributed by atoms with Gasteiger partial charge >= 0.3 is 0 Å². The summed E-state index contributed by atoms with van der Waals surface area (Å²) in [6.45, 7) is 6.41. The predicted octanol–water partition coefficient (Wildman–Crippen LogP) is 4.73. The highest BCUT2D eigenvalue weighted by Crippen LogP contribution is 2.30. The Morgan fingerprint density at radius 1 is 1.09 bits per heavy atom. The van der Waals surface area contributed by atoms with Gasteiger partial charge in [0.05, 0.1) is 29.4 Å². The summed E-state index contributed by atoms with van der Waals surface area (Å²) in [5.41, 5.74) is 5.81. The molecule has 0 spiro atoms. The van der Waals surface area contributed by atoms with Crippen LogP contribution in [0.4, 0.5) is 29.2 Å². The van der Waals surface area contributed by atoms with E-state index in [1.165, 1.54) is 18.3 Å². The molecule has 1 fully saturated rings. The Morgan fingerprint density at radius 2 is 1.83 bits per heavy atom. The number of anilines is 4. The van der Waals surface area contributed by atoms with Gasteiger partial charge in [0.15, 0.2) is 0 Å². The van der Waals surface area contributed by atoms with Crippen molar-refractivity contribution in [2.75, 3.05) is 41.9 Å². The largest absolute Gasteiger partial charge is 0.378 e. The minimum atomic E-state index is -0.588. The number of ether oxygens (including phenoxy) is 1. The normalized spacial score (nSPS) is 13.8. The second-order valence-corrected chi connectivity index (χ2v) is 8.59. The third kappa shape index (κ3) is 6.13. The molecule has 35 heavy (non-hydrogen) atoms. The van der Waals surface area contributed by atoms with E-state index in [2.05, 4.69) is 30.8 Å². The number of morpholine rings is 1. The first-order chi connectivity index (χ1) is 16.8. The number of hydrogen-bond donors (Lipinski definition) is 2. The molecule has 2 aromatic carbocycles. The minimum Gasteiger partial charge on any atom is -0.378 e. The highest BCUT2D eigenvalue weighted by atomic mass is 35.5. The lowest BCUT2D eigenvalue weighted by atomic mass is 10.1. The summed E-state index contributed by atoms with van der Waals surface area (Å²) in [6, 6.07) is 8.60. The van der Waals surface area contributed by atoms with Crippen LogP contribution in [0, 0.1) is 24.0 Å². The van der Waals surface area contributed by atoms with E-state index in [1.807, 2.05) is 36.9 Å². The first-order valence-electron chi connectivity index (χ1n) is 10.7. The molecule has 3 aromatic rings. The standard InChI is InChI=1S/C22H22Cl2N8O3/c1-13-3-4-14(2)18(9-13)26-20-27-21(29-22(28-20)31-5-7-35-8-6-31)30-25-12-15-10-19(32(33)34)17(24)11-16(15)23/h3-4,9-12H,5-8H2,1-2H3,(H2,26,27,28,29,30)/b25-12-. The number of hydrazone groups is 1. The number of halogens is 2. The molecule has 0 unspecified atom stereocenters. The third-order valence-corrected chi connectivity index (χ3v) is 5.82. The van der Waals surface area contributed by atoms with Crippen molar-refractivity contribution in [3.8, 4) is 0 Å². The number of nitro benzene ring substituents is 1. The highest BCUT2D eigenvalue weighted by molar-refractivity contribution is 6.37. The molecule has 0 bridgehead atoms. The Labute approximate surface area is 211 Å². The van der Waals surface area contributed by atoms with Gasteiger partial charge in [0.25, 0.3) is 5.69 Å². The van der Waals surface area contributed by atoms with Crippen molar-refractivity contribution >= 4 is 58.6 Å². The van der Waals surface area contributed by atoms with Crippen LogP contribution in [0.2, 0.25) is 10.0 Å². The van der Waals surface area contributed by atoms with Crippen molar-refractivity contribution in [3.63, 3.8) is 0 Å². The van der Waals surface area contributed by atoms with Crippen LogP contribution in [0.25, 0.3) is 0 Å². The molecule has 4 rings (SSSR count). The van der Waals surface area contributed by atoms with Gasteiger partial charge in [-0.1, -0.05) is 35.3 Å². The maximum absolute atomic E-state index is 11.2. The molecule has 2 heterocycles. The van der Waals surface area contributed by atoms with Crippen LogP contribution in [0.5, 0.6) is 0 Å². The Balaban J connectivity index is 1.62. The minimum absolute atomic E-state index is 0.0557. The molecule has 1 aliphatic heterocycles. The van der Waals surface area contributed by atoms with Crippen molar-refractivity contribution in [2.45, 2.75) is 13.8 Å². The van der Waals surface area contributed by atoms with E-state index >= 15 is 0 Å². The summed E-state index contributed by atoms with van der Waals surface area (Å²) in [6.07, 6.45) is 1.33. The molecule has 0 radical (unpaired) electrons. The van der Waals surface area contributed by atoms with Gasteiger partial charge in [-0.15, -0.1) is 0 Å². The van der Waals surface area contributed by atoms with E-state index in [9.17, 15) is 10.1 Å². The summed E-state index contributed by atoms with van der Waals surface area (Å²) in [7, 11) is 0. The third-order valence-electron chi connectivity index (χ3n) is 5.19. The lowest BCUT2D eigenvalue weighted by Gasteiger charge is -2.27. The van der Waals surface area contributed by atoms with Gasteiger partial charge in [-0.25, -0.2) is 5.43 Å². The van der Waals surface area contributed by atoms with Gasteiger partial charge in [0.2, 0.25) is 17.8 Å². The van der Waals surface area contributed by atoms with Crippen LogP contribution in [0.1, 0.15) is 16.7 Å². The molecule has 2 N–H and O–H groups in total. The first kappa shape index (κ1) is 24.6. The molecule has 13 heteroatoms. The Bertz CT molecular complexity index is 1280. The maximum Gasteiger partial charge on any atom is 0.288 e. The van der Waals surface area contributed by atoms with Gasteiger partial charge in [-0.2, -0.15) is 20.1 Å². The molecule has 1 aliphatic rings. The van der Waals surface area contributed by atoms with Crippen LogP contribution in [0.3, 0.4) is 0 Å². The molecule has 1 saturated heterocycles. The van der Waals surface area contributed by atoms with Crippen LogP contribution in [-0.4, -0.2) is 52.4 Å². The van der Waals surface area contributed by atoms with Gasteiger partial charge in [-0.3, -0.25) is 10.1 Å². The number of nitro groups is 1. The summed E-state index contributed by atoms with van der Waals surface area (Å²) < 4.78 is 5.43. The molecule has 11 nitrogen and oxygen atoms in total. The number of hydrogen-bond acceptors (Lipinski definition) is 10. The van der Waals surface area contributed by atoms with Gasteiger partial charge < -0.3 is 15.0 Å². The van der Waals surface area contributed by atoms with E-state index in [-0.39, 0.29) is 21.7 Å². The second-order valence-electron chi connectivity index (χ2n) is 7.78. The first-order valence-corrected chi connectivity index (χ1v) is 11.4. The Kier molecular flexibility index (Phi) is 7.59. The average molecular weight is 517 g/mol. The van der Waals surface area contributed by atoms with Crippen molar-refractivity contribution in [3.05, 3.63) is 67.2 Å². The zero-order valence-corrected chi connectivity index (χ0v) is 20.5. The molecule has 0 saturated carbocycles. The SMILES string of the molecule is Cc1ccc(C)c(Nc2nc(N/N=C\c3cc([N+](=O)[O-])c(Cl)cc3Cl)nc(N3CCOCC3)n2)c1. The summed E-state index contributed by atoms with van der Waals surface area (Å²) in [4.78, 5) is 26.1. The fraction of sp³-hybridized carbons (Fsp3) is 0.273. The number of nitrogens with one attached hydrogen (secondary N) is 2. The van der Waals surface area contributed by atoms with E-state index in [0.717, 1.165) is 16.8 Å². The number of benzene rings is 2. The Morgan fingerprint density at radius 3 is 2.57 bits per heavy atom. The highest BCUT2D eigenvalue weighted by Gasteiger charge is 2.18. The fourth-order valence-corrected chi connectivity index (χ4v) is 3.82. The van der Waals surface area contributed by atoms with Crippen molar-refractivity contribution < 1.29 is 9.66 Å². The van der Waals surface area contributed by atoms with Crippen LogP contribution in [0.15, 0.2) is 35.4 Å². The number of rotatable bonds is 7. The molecular weight excluding hydrogens is 495 g/mol. The molecule has 182 valence electrons. The van der Waals surface area contributed by atoms with Gasteiger partial charge in [0.1, 0.15) is 5.02 Å². The van der Waals surface area contributed by atoms with Gasteiger partial charge in [-0.05, 0) is 37.1 Å². The number of aryl methyl sites for hydroxylation is 2. The van der Waals surface area contributed by atoms with Crippen LogP contribution >= 0.6 is 23.2 Å². The fourth-order valence-electron chi connectivity index (χ4n) is 3.32. The smallest absolute Gasteiger partial charge is 0.288 e. The topological polar surface area (TPSA) is 131 Å². The number of aromatic nitrogens is 3. The maximum atomic E-state index is 11.2. The lowest BCUT2D eigenvalue weighted by molar-refractivity contribution is -0.384. The number of nitrogens with zero attached hydrogens (tertiary/aromatic N) is 6. The van der Waals surface area contributed by atoms with Crippen molar-refractivity contribution in [2.24, 2.45) is 5.10 Å². The molecule has 0 amide bonds. The van der Waals surface area contributed by atoms with Crippen molar-refractivity contribution in [1.29, 1.82) is 0 Å². The predicted molar refractivity (Wildman–Crippen MR) is 136 cm³/mol. The summed E-state index contributed by atoms with van der Waals surface area (Å²) >= 11 is 12.1. The van der Waals surface area contributed by atoms with E-state index in [0.29, 0.717) is 43.8 Å². The summed E-state index contributed by atoms with van der Waals surface area (Å²) in [5.74, 6) is 0.993. The average Bonchev–Trinajstić information content (AvgIpc) is 2.83. The molecule has 0 aliphatic carbocycles. The van der Waals surface area contributed by atoms with E-state index < -0.39 is 4.92 Å². The van der Waals surface area contributed by atoms with Gasteiger partial charge in [0, 0.05) is 30.4 Å². The quantitative estimate of drug-likeness (QED) is 0.259. The second kappa shape index (κ2) is 10.8. The van der Waals surface area contributed by atoms with Crippen LogP contribution < -0.4 is 15.6 Å². The van der Waals surface area contributed by atoms with Crippen LogP contribution in [-0.2, 0) is 4.74 Å². The molecule has 0 atom stereocenters. The van der Waals surface area contributed by atoms with Crippen molar-refractivity contribution in [1.82, 2.24) is 15.0 Å². The summed E-state index contributed by atoms with van der Waals surface area (Å²) in [5, 5.41) is 18.7. The molecule has 1 aromatic heterocycles. The lowest BCUT2D eigenvalue weighted by Crippen LogP contribution is -2.37. The zero-order chi connectivity index (χ0) is 24.9. The van der Waals surface area contributed by atoms with E-state index in [1.54, 1.807) is 0 Å².